The summed E-state index contributed by atoms with van der Waals surface area (Å²) in [5, 5.41) is 3.38. The molecule has 0 aromatic heterocycles. The number of nitrogens with one attached hydrogen (secondary N) is 1. The summed E-state index contributed by atoms with van der Waals surface area (Å²) in [5.74, 6) is 1.22. The first-order chi connectivity index (χ1) is 7.84. The summed E-state index contributed by atoms with van der Waals surface area (Å²) in [6, 6.07) is 10.6. The van der Waals surface area contributed by atoms with Gasteiger partial charge in [-0.15, -0.1) is 11.6 Å². The molecule has 1 unspecified atom stereocenters. The number of hydrogen-bond acceptors (Lipinski definition) is 1. The number of alkyl halides is 1. The second-order valence-electron chi connectivity index (χ2n) is 3.93. The zero-order valence-corrected chi connectivity index (χ0v) is 10.6. The molecule has 1 atom stereocenters. The Balaban J connectivity index is 2.16. The van der Waals surface area contributed by atoms with Gasteiger partial charge in [-0.3, -0.25) is 0 Å². The number of rotatable bonds is 7. The van der Waals surface area contributed by atoms with E-state index >= 15 is 0 Å². The summed E-state index contributed by atoms with van der Waals surface area (Å²) >= 11 is 5.53. The van der Waals surface area contributed by atoms with Gasteiger partial charge >= 0.3 is 0 Å². The van der Waals surface area contributed by atoms with E-state index in [2.05, 4.69) is 48.6 Å². The highest BCUT2D eigenvalue weighted by Gasteiger charge is 2.02. The summed E-state index contributed by atoms with van der Waals surface area (Å²) in [6.45, 7) is 4.22. The van der Waals surface area contributed by atoms with E-state index in [0.717, 1.165) is 13.1 Å². The van der Waals surface area contributed by atoms with Crippen LogP contribution in [0, 0.1) is 0 Å². The summed E-state index contributed by atoms with van der Waals surface area (Å²) in [4.78, 5) is 0. The van der Waals surface area contributed by atoms with Crippen LogP contribution in [0.15, 0.2) is 42.5 Å². The Morgan fingerprint density at radius 3 is 2.69 bits per heavy atom. The number of hydrogen-bond donors (Lipinski definition) is 1. The van der Waals surface area contributed by atoms with Crippen LogP contribution in [-0.2, 0) is 0 Å². The van der Waals surface area contributed by atoms with E-state index in [1.807, 2.05) is 6.08 Å². The first kappa shape index (κ1) is 13.3. The van der Waals surface area contributed by atoms with Gasteiger partial charge < -0.3 is 5.32 Å². The van der Waals surface area contributed by atoms with Crippen LogP contribution in [0.4, 0.5) is 0 Å². The molecule has 0 heterocycles. The van der Waals surface area contributed by atoms with Crippen molar-refractivity contribution in [3.63, 3.8) is 0 Å². The predicted octanol–water partition coefficient (Wildman–Crippen LogP) is 3.56. The lowest BCUT2D eigenvalue weighted by Crippen LogP contribution is -2.16. The Hall–Kier alpha value is -0.790. The van der Waals surface area contributed by atoms with Gasteiger partial charge in [0.1, 0.15) is 0 Å². The second kappa shape index (κ2) is 8.37. The van der Waals surface area contributed by atoms with Crippen LogP contribution in [0.2, 0.25) is 0 Å². The fourth-order valence-corrected chi connectivity index (χ4v) is 1.72. The van der Waals surface area contributed by atoms with Crippen LogP contribution in [-0.4, -0.2) is 19.0 Å². The topological polar surface area (TPSA) is 12.0 Å². The van der Waals surface area contributed by atoms with E-state index < -0.39 is 0 Å². The van der Waals surface area contributed by atoms with E-state index in [4.69, 9.17) is 11.6 Å². The molecule has 1 N–H and O–H groups in total. The number of allylic oxidation sites excluding steroid dienone is 1. The molecule has 0 radical (unpaired) electrons. The maximum atomic E-state index is 5.53. The van der Waals surface area contributed by atoms with Crippen molar-refractivity contribution in [2.45, 2.75) is 19.3 Å². The zero-order chi connectivity index (χ0) is 11.6. The molecule has 0 aliphatic carbocycles. The zero-order valence-electron chi connectivity index (χ0n) is 9.83. The molecule has 0 saturated heterocycles. The van der Waals surface area contributed by atoms with Gasteiger partial charge in [-0.25, -0.2) is 0 Å². The standard InChI is InChI=1S/C14H20ClN/c1-13(14-7-3-2-4-8-14)9-12-16-11-6-5-10-15/h2-8,13,16H,9-12H2,1H3/b6-5+. The molecule has 0 aliphatic heterocycles. The third-order valence-corrected chi connectivity index (χ3v) is 2.82. The lowest BCUT2D eigenvalue weighted by Gasteiger charge is -2.11. The van der Waals surface area contributed by atoms with E-state index in [0.29, 0.717) is 11.8 Å². The summed E-state index contributed by atoms with van der Waals surface area (Å²) in [6.07, 6.45) is 5.20. The van der Waals surface area contributed by atoms with E-state index in [9.17, 15) is 0 Å². The quantitative estimate of drug-likeness (QED) is 0.434. The van der Waals surface area contributed by atoms with Crippen LogP contribution < -0.4 is 5.32 Å². The molecule has 1 rings (SSSR count). The molecule has 1 nitrogen and oxygen atoms in total. The molecular weight excluding hydrogens is 218 g/mol. The van der Waals surface area contributed by atoms with Gasteiger partial charge in [0.05, 0.1) is 0 Å². The minimum atomic E-state index is 0.599. The highest BCUT2D eigenvalue weighted by molar-refractivity contribution is 6.18. The monoisotopic (exact) mass is 237 g/mol. The minimum absolute atomic E-state index is 0.599. The van der Waals surface area contributed by atoms with Crippen molar-refractivity contribution in [3.05, 3.63) is 48.0 Å². The molecule has 0 spiro atoms. The Labute approximate surface area is 104 Å². The molecule has 0 amide bonds. The molecule has 0 aliphatic rings. The predicted molar refractivity (Wildman–Crippen MR) is 72.2 cm³/mol. The molecule has 0 bridgehead atoms. The van der Waals surface area contributed by atoms with Gasteiger partial charge in [0.25, 0.3) is 0 Å². The first-order valence-electron chi connectivity index (χ1n) is 5.81. The van der Waals surface area contributed by atoms with E-state index in [1.165, 1.54) is 12.0 Å². The van der Waals surface area contributed by atoms with Crippen molar-refractivity contribution in [3.8, 4) is 0 Å². The van der Waals surface area contributed by atoms with Gasteiger partial charge in [0, 0.05) is 12.4 Å². The fraction of sp³-hybridized carbons (Fsp3) is 0.429. The number of halogens is 1. The Morgan fingerprint density at radius 1 is 1.25 bits per heavy atom. The van der Waals surface area contributed by atoms with Gasteiger partial charge in [-0.05, 0) is 24.4 Å². The maximum Gasteiger partial charge on any atom is 0.0404 e. The van der Waals surface area contributed by atoms with Crippen LogP contribution in [0.1, 0.15) is 24.8 Å². The third kappa shape index (κ3) is 5.34. The summed E-state index contributed by atoms with van der Waals surface area (Å²) in [5.41, 5.74) is 1.42. The van der Waals surface area contributed by atoms with Gasteiger partial charge in [0.2, 0.25) is 0 Å². The Kier molecular flexibility index (Phi) is 6.95. The average Bonchev–Trinajstić information content (AvgIpc) is 2.34. The minimum Gasteiger partial charge on any atom is -0.313 e. The summed E-state index contributed by atoms with van der Waals surface area (Å²) < 4.78 is 0. The highest BCUT2D eigenvalue weighted by atomic mass is 35.5. The Morgan fingerprint density at radius 2 is 2.00 bits per heavy atom. The fourth-order valence-electron chi connectivity index (χ4n) is 1.60. The largest absolute Gasteiger partial charge is 0.313 e. The molecular formula is C14H20ClN. The Bertz CT molecular complexity index is 295. The smallest absolute Gasteiger partial charge is 0.0404 e. The van der Waals surface area contributed by atoms with Gasteiger partial charge in [-0.1, -0.05) is 49.4 Å². The highest BCUT2D eigenvalue weighted by Crippen LogP contribution is 2.17. The molecule has 0 saturated carbocycles. The van der Waals surface area contributed by atoms with Crippen molar-refractivity contribution in [2.24, 2.45) is 0 Å². The SMILES string of the molecule is CC(CCNC/C=C/CCl)c1ccccc1. The number of benzene rings is 1. The van der Waals surface area contributed by atoms with Crippen LogP contribution in [0.3, 0.4) is 0 Å². The molecule has 16 heavy (non-hydrogen) atoms. The second-order valence-corrected chi connectivity index (χ2v) is 4.24. The van der Waals surface area contributed by atoms with Crippen LogP contribution in [0.5, 0.6) is 0 Å². The van der Waals surface area contributed by atoms with Crippen molar-refractivity contribution in [1.82, 2.24) is 5.32 Å². The van der Waals surface area contributed by atoms with Crippen molar-refractivity contribution in [2.75, 3.05) is 19.0 Å². The van der Waals surface area contributed by atoms with Crippen molar-refractivity contribution < 1.29 is 0 Å². The molecule has 0 fully saturated rings. The third-order valence-electron chi connectivity index (χ3n) is 2.64. The van der Waals surface area contributed by atoms with Crippen LogP contribution in [0.25, 0.3) is 0 Å². The molecule has 1 aromatic rings. The summed E-state index contributed by atoms with van der Waals surface area (Å²) in [7, 11) is 0. The first-order valence-corrected chi connectivity index (χ1v) is 6.34. The normalized spacial score (nSPS) is 13.1. The van der Waals surface area contributed by atoms with Crippen LogP contribution >= 0.6 is 11.6 Å². The molecule has 2 heteroatoms. The van der Waals surface area contributed by atoms with Crippen molar-refractivity contribution in [1.29, 1.82) is 0 Å². The molecule has 1 aromatic carbocycles. The van der Waals surface area contributed by atoms with E-state index in [1.54, 1.807) is 0 Å². The lowest BCUT2D eigenvalue weighted by atomic mass is 9.98. The molecule has 88 valence electrons. The maximum absolute atomic E-state index is 5.53. The van der Waals surface area contributed by atoms with Gasteiger partial charge in [0.15, 0.2) is 0 Å². The van der Waals surface area contributed by atoms with Gasteiger partial charge in [-0.2, -0.15) is 0 Å². The average molecular weight is 238 g/mol. The van der Waals surface area contributed by atoms with Crippen molar-refractivity contribution >= 4 is 11.6 Å². The lowest BCUT2D eigenvalue weighted by molar-refractivity contribution is 0.619. The van der Waals surface area contributed by atoms with E-state index in [-0.39, 0.29) is 0 Å².